The Morgan fingerprint density at radius 3 is 2.67 bits per heavy atom. The van der Waals surface area contributed by atoms with Gasteiger partial charge >= 0.3 is 6.18 Å². The maximum atomic E-state index is 13.2. The van der Waals surface area contributed by atoms with Gasteiger partial charge in [0.05, 0.1) is 17.8 Å². The van der Waals surface area contributed by atoms with Crippen molar-refractivity contribution in [3.63, 3.8) is 0 Å². The lowest BCUT2D eigenvalue weighted by molar-refractivity contribution is -0.136. The number of halogens is 4. The normalized spacial score (nSPS) is 14.5. The van der Waals surface area contributed by atoms with Crippen LogP contribution in [0.2, 0.25) is 5.02 Å². The number of alkyl halides is 3. The van der Waals surface area contributed by atoms with Gasteiger partial charge in [-0.3, -0.25) is 0 Å². The van der Waals surface area contributed by atoms with Crippen LogP contribution in [0.5, 0.6) is 0 Å². The van der Waals surface area contributed by atoms with Crippen molar-refractivity contribution in [2.75, 3.05) is 5.32 Å². The van der Waals surface area contributed by atoms with Crippen molar-refractivity contribution in [1.82, 2.24) is 4.90 Å². The Kier molecular flexibility index (Phi) is 5.03. The Labute approximate surface area is 152 Å². The summed E-state index contributed by atoms with van der Waals surface area (Å²) in [7, 11) is 0. The third-order valence-electron chi connectivity index (χ3n) is 3.68. The highest BCUT2D eigenvalue weighted by Gasteiger charge is 2.35. The highest BCUT2D eigenvalue weighted by molar-refractivity contribution is 7.80. The van der Waals surface area contributed by atoms with Crippen molar-refractivity contribution < 1.29 is 13.2 Å². The van der Waals surface area contributed by atoms with Gasteiger partial charge in [0.1, 0.15) is 0 Å². The molecule has 24 heavy (non-hydrogen) atoms. The van der Waals surface area contributed by atoms with Gasteiger partial charge in [-0.25, -0.2) is 0 Å². The average molecular weight is 391 g/mol. The zero-order valence-corrected chi connectivity index (χ0v) is 14.8. The molecule has 0 bridgehead atoms. The number of rotatable bonds is 4. The molecule has 1 aliphatic carbocycles. The monoisotopic (exact) mass is 390 g/mol. The Balaban J connectivity index is 1.81. The van der Waals surface area contributed by atoms with E-state index in [4.69, 9.17) is 23.8 Å². The third kappa shape index (κ3) is 4.20. The predicted molar refractivity (Wildman–Crippen MR) is 95.6 cm³/mol. The first kappa shape index (κ1) is 17.5. The summed E-state index contributed by atoms with van der Waals surface area (Å²) >= 11 is 12.8. The number of hydrogen-bond acceptors (Lipinski definition) is 2. The van der Waals surface area contributed by atoms with Crippen molar-refractivity contribution in [3.8, 4) is 0 Å². The number of benzene rings is 1. The van der Waals surface area contributed by atoms with Gasteiger partial charge in [0.15, 0.2) is 5.11 Å². The minimum atomic E-state index is -4.47. The van der Waals surface area contributed by atoms with E-state index in [1.54, 1.807) is 11.3 Å². The van der Waals surface area contributed by atoms with Crippen LogP contribution in [0.15, 0.2) is 35.7 Å². The molecule has 0 aliphatic heterocycles. The van der Waals surface area contributed by atoms with Gasteiger partial charge in [0, 0.05) is 15.9 Å². The zero-order valence-electron chi connectivity index (χ0n) is 12.4. The van der Waals surface area contributed by atoms with E-state index in [9.17, 15) is 13.2 Å². The van der Waals surface area contributed by atoms with Crippen molar-refractivity contribution in [2.24, 2.45) is 0 Å². The molecule has 2 nitrogen and oxygen atoms in total. The minimum absolute atomic E-state index is 0.114. The van der Waals surface area contributed by atoms with Crippen LogP contribution in [0.4, 0.5) is 18.9 Å². The summed E-state index contributed by atoms with van der Waals surface area (Å²) in [6, 6.07) is 7.66. The Bertz CT molecular complexity index is 727. The van der Waals surface area contributed by atoms with Crippen LogP contribution in [0, 0.1) is 0 Å². The SMILES string of the molecule is FC(F)(F)c1ccc(Cl)cc1NC(=S)N(Cc1cccs1)C1CC1. The van der Waals surface area contributed by atoms with E-state index in [1.165, 1.54) is 12.1 Å². The molecule has 0 radical (unpaired) electrons. The Morgan fingerprint density at radius 2 is 2.08 bits per heavy atom. The zero-order chi connectivity index (χ0) is 17.3. The molecule has 0 unspecified atom stereocenters. The van der Waals surface area contributed by atoms with E-state index < -0.39 is 11.7 Å². The highest BCUT2D eigenvalue weighted by atomic mass is 35.5. The molecule has 1 aliphatic rings. The largest absolute Gasteiger partial charge is 0.418 e. The molecule has 0 spiro atoms. The fraction of sp³-hybridized carbons (Fsp3) is 0.312. The molecule has 0 saturated heterocycles. The maximum absolute atomic E-state index is 13.2. The lowest BCUT2D eigenvalue weighted by Crippen LogP contribution is -2.36. The fourth-order valence-electron chi connectivity index (χ4n) is 2.38. The smallest absolute Gasteiger partial charge is 0.341 e. The molecule has 1 fully saturated rings. The summed E-state index contributed by atoms with van der Waals surface area (Å²) in [6.07, 6.45) is -2.48. The second-order valence-electron chi connectivity index (χ2n) is 5.56. The maximum Gasteiger partial charge on any atom is 0.418 e. The van der Waals surface area contributed by atoms with Gasteiger partial charge in [-0.1, -0.05) is 17.7 Å². The molecule has 128 valence electrons. The number of nitrogens with zero attached hydrogens (tertiary/aromatic N) is 1. The number of nitrogens with one attached hydrogen (secondary N) is 1. The quantitative estimate of drug-likeness (QED) is 0.666. The van der Waals surface area contributed by atoms with Gasteiger partial charge in [0.2, 0.25) is 0 Å². The second kappa shape index (κ2) is 6.90. The van der Waals surface area contributed by atoms with E-state index in [1.807, 2.05) is 22.4 Å². The van der Waals surface area contributed by atoms with Gasteiger partial charge in [-0.15, -0.1) is 11.3 Å². The molecular formula is C16H14ClF3N2S2. The molecule has 1 saturated carbocycles. The second-order valence-corrected chi connectivity index (χ2v) is 7.41. The molecule has 0 amide bonds. The molecular weight excluding hydrogens is 377 g/mol. The summed E-state index contributed by atoms with van der Waals surface area (Å²) in [4.78, 5) is 3.07. The molecule has 1 heterocycles. The van der Waals surface area contributed by atoms with E-state index in [0.29, 0.717) is 11.7 Å². The molecule has 1 aromatic carbocycles. The van der Waals surface area contributed by atoms with Crippen LogP contribution in [-0.2, 0) is 12.7 Å². The first-order valence-electron chi connectivity index (χ1n) is 7.31. The summed E-state index contributed by atoms with van der Waals surface area (Å²) in [6.45, 7) is 0.593. The summed E-state index contributed by atoms with van der Waals surface area (Å²) < 4.78 is 39.5. The lowest BCUT2D eigenvalue weighted by atomic mass is 10.1. The summed E-state index contributed by atoms with van der Waals surface area (Å²) in [5.41, 5.74) is -0.891. The van der Waals surface area contributed by atoms with E-state index in [2.05, 4.69) is 5.32 Å². The van der Waals surface area contributed by atoms with Crippen LogP contribution in [-0.4, -0.2) is 16.1 Å². The van der Waals surface area contributed by atoms with Gasteiger partial charge < -0.3 is 10.2 Å². The van der Waals surface area contributed by atoms with Crippen molar-refractivity contribution in [2.45, 2.75) is 31.6 Å². The van der Waals surface area contributed by atoms with Crippen molar-refractivity contribution >= 4 is 46.0 Å². The third-order valence-corrected chi connectivity index (χ3v) is 5.12. The Morgan fingerprint density at radius 1 is 1.33 bits per heavy atom. The first-order valence-corrected chi connectivity index (χ1v) is 8.98. The average Bonchev–Trinajstić information content (AvgIpc) is 3.19. The van der Waals surface area contributed by atoms with Crippen molar-refractivity contribution in [1.29, 1.82) is 0 Å². The molecule has 1 N–H and O–H groups in total. The van der Waals surface area contributed by atoms with E-state index >= 15 is 0 Å². The number of anilines is 1. The standard InChI is InChI=1S/C16H14ClF3N2S2/c17-10-3-6-13(16(18,19)20)14(8-10)21-15(23)22(11-4-5-11)9-12-2-1-7-24-12/h1-3,6-8,11H,4-5,9H2,(H,21,23). The first-order chi connectivity index (χ1) is 11.3. The molecule has 0 atom stereocenters. The van der Waals surface area contributed by atoms with Crippen LogP contribution < -0.4 is 5.32 Å². The predicted octanol–water partition coefficient (Wildman–Crippen LogP) is 5.78. The lowest BCUT2D eigenvalue weighted by Gasteiger charge is -2.26. The number of thiophene rings is 1. The van der Waals surface area contributed by atoms with Gasteiger partial charge in [-0.05, 0) is 54.7 Å². The molecule has 8 heteroatoms. The fourth-order valence-corrected chi connectivity index (χ4v) is 3.58. The van der Waals surface area contributed by atoms with Crippen LogP contribution in [0.3, 0.4) is 0 Å². The minimum Gasteiger partial charge on any atom is -0.341 e. The van der Waals surface area contributed by atoms with Crippen LogP contribution in [0.25, 0.3) is 0 Å². The summed E-state index contributed by atoms with van der Waals surface area (Å²) in [5, 5.41) is 5.23. The van der Waals surface area contributed by atoms with Crippen molar-refractivity contribution in [3.05, 3.63) is 51.2 Å². The van der Waals surface area contributed by atoms with E-state index in [-0.39, 0.29) is 16.8 Å². The molecule has 3 rings (SSSR count). The number of hydrogen-bond donors (Lipinski definition) is 1. The van der Waals surface area contributed by atoms with Crippen LogP contribution >= 0.6 is 35.2 Å². The highest BCUT2D eigenvalue weighted by Crippen LogP contribution is 2.37. The Hall–Kier alpha value is -1.31. The molecule has 1 aromatic heterocycles. The topological polar surface area (TPSA) is 15.3 Å². The van der Waals surface area contributed by atoms with Gasteiger partial charge in [-0.2, -0.15) is 13.2 Å². The van der Waals surface area contributed by atoms with Crippen LogP contribution in [0.1, 0.15) is 23.3 Å². The van der Waals surface area contributed by atoms with Gasteiger partial charge in [0.25, 0.3) is 0 Å². The number of thiocarbonyl (C=S) groups is 1. The van der Waals surface area contributed by atoms with E-state index in [0.717, 1.165) is 23.8 Å². The molecule has 2 aromatic rings. The summed E-state index contributed by atoms with van der Waals surface area (Å²) in [5.74, 6) is 0.